The number of aromatic nitrogens is 4. The number of hydrogen-bond acceptors (Lipinski definition) is 7. The highest BCUT2D eigenvalue weighted by Gasteiger charge is 2.30. The van der Waals surface area contributed by atoms with Gasteiger partial charge in [0.15, 0.2) is 0 Å². The average Bonchev–Trinajstić information content (AvgIpc) is 3.35. The SMILES string of the molecule is CCOC(=O)[C@H]1CCc2c(sc3ncnc(Nc4ccn5nccc5c4Cl)c23)C1. The van der Waals surface area contributed by atoms with E-state index in [4.69, 9.17) is 16.3 Å². The Morgan fingerprint density at radius 1 is 1.41 bits per heavy atom. The van der Waals surface area contributed by atoms with Crippen LogP contribution in [-0.4, -0.2) is 32.2 Å². The van der Waals surface area contributed by atoms with Crippen LogP contribution in [0.15, 0.2) is 30.9 Å². The summed E-state index contributed by atoms with van der Waals surface area (Å²) in [6.45, 7) is 2.25. The molecule has 0 saturated heterocycles. The molecule has 0 saturated carbocycles. The summed E-state index contributed by atoms with van der Waals surface area (Å²) in [5, 5.41) is 9.18. The lowest BCUT2D eigenvalue weighted by molar-refractivity contribution is -0.148. The van der Waals surface area contributed by atoms with E-state index in [9.17, 15) is 4.79 Å². The molecular weight excluding hydrogens is 410 g/mol. The number of carbonyl (C=O) groups is 1. The van der Waals surface area contributed by atoms with Crippen LogP contribution in [0, 0.1) is 5.92 Å². The summed E-state index contributed by atoms with van der Waals surface area (Å²) in [4.78, 5) is 23.2. The third-order valence-electron chi connectivity index (χ3n) is 5.23. The van der Waals surface area contributed by atoms with E-state index in [1.807, 2.05) is 25.3 Å². The number of anilines is 2. The smallest absolute Gasteiger partial charge is 0.309 e. The fraction of sp³-hybridized carbons (Fsp3) is 0.300. The van der Waals surface area contributed by atoms with Gasteiger partial charge >= 0.3 is 5.97 Å². The van der Waals surface area contributed by atoms with Gasteiger partial charge in [0.1, 0.15) is 17.0 Å². The third-order valence-corrected chi connectivity index (χ3v) is 6.79. The first kappa shape index (κ1) is 18.3. The molecule has 1 N–H and O–H groups in total. The van der Waals surface area contributed by atoms with Crippen molar-refractivity contribution in [3.05, 3.63) is 46.3 Å². The minimum Gasteiger partial charge on any atom is -0.466 e. The Labute approximate surface area is 175 Å². The van der Waals surface area contributed by atoms with Crippen molar-refractivity contribution >= 4 is 56.1 Å². The van der Waals surface area contributed by atoms with Gasteiger partial charge in [-0.25, -0.2) is 14.5 Å². The molecule has 0 unspecified atom stereocenters. The number of carbonyl (C=O) groups excluding carboxylic acids is 1. The number of rotatable bonds is 4. The number of nitrogens with one attached hydrogen (secondary N) is 1. The zero-order valence-electron chi connectivity index (χ0n) is 15.7. The van der Waals surface area contributed by atoms with E-state index in [0.717, 1.165) is 40.1 Å². The van der Waals surface area contributed by atoms with Gasteiger partial charge in [0, 0.05) is 11.1 Å². The van der Waals surface area contributed by atoms with Crippen LogP contribution >= 0.6 is 22.9 Å². The molecule has 0 aromatic carbocycles. The molecular formula is C20H18ClN5O2S. The van der Waals surface area contributed by atoms with E-state index in [2.05, 4.69) is 20.4 Å². The molecule has 0 radical (unpaired) electrons. The molecule has 1 aliphatic carbocycles. The number of fused-ring (bicyclic) bond motifs is 4. The van der Waals surface area contributed by atoms with Crippen molar-refractivity contribution in [1.29, 1.82) is 0 Å². The zero-order valence-corrected chi connectivity index (χ0v) is 17.3. The van der Waals surface area contributed by atoms with Crippen LogP contribution in [0.3, 0.4) is 0 Å². The maximum absolute atomic E-state index is 12.2. The van der Waals surface area contributed by atoms with Crippen LogP contribution in [0.25, 0.3) is 15.7 Å². The Morgan fingerprint density at radius 2 is 2.31 bits per heavy atom. The van der Waals surface area contributed by atoms with E-state index in [0.29, 0.717) is 18.1 Å². The summed E-state index contributed by atoms with van der Waals surface area (Å²) in [5.41, 5.74) is 2.81. The highest BCUT2D eigenvalue weighted by atomic mass is 35.5. The normalized spacial score (nSPS) is 16.1. The highest BCUT2D eigenvalue weighted by molar-refractivity contribution is 7.19. The van der Waals surface area contributed by atoms with Gasteiger partial charge in [-0.2, -0.15) is 5.10 Å². The quantitative estimate of drug-likeness (QED) is 0.486. The lowest BCUT2D eigenvalue weighted by Gasteiger charge is -2.20. The number of pyridine rings is 1. The van der Waals surface area contributed by atoms with Gasteiger partial charge in [-0.05, 0) is 43.9 Å². The van der Waals surface area contributed by atoms with E-state index < -0.39 is 0 Å². The van der Waals surface area contributed by atoms with Gasteiger partial charge in [-0.1, -0.05) is 11.6 Å². The van der Waals surface area contributed by atoms with Crippen LogP contribution in [-0.2, 0) is 22.4 Å². The molecule has 0 bridgehead atoms. The number of aryl methyl sites for hydroxylation is 1. The molecule has 0 amide bonds. The predicted molar refractivity (Wildman–Crippen MR) is 113 cm³/mol. The van der Waals surface area contributed by atoms with Gasteiger partial charge < -0.3 is 10.1 Å². The van der Waals surface area contributed by atoms with Gasteiger partial charge in [0.2, 0.25) is 0 Å². The molecule has 0 spiro atoms. The standard InChI is InChI=1S/C20H18ClN5O2S/c1-2-28-20(27)11-3-4-12-15(9-11)29-19-16(12)18(22-10-23-19)25-13-6-8-26-14(17(13)21)5-7-24-26/h5-8,10-11H,2-4,9H2,1H3,(H,22,23,25)/t11-/m0/s1. The first-order valence-corrected chi connectivity index (χ1v) is 10.7. The summed E-state index contributed by atoms with van der Waals surface area (Å²) < 4.78 is 6.95. The average molecular weight is 428 g/mol. The van der Waals surface area contributed by atoms with E-state index >= 15 is 0 Å². The van der Waals surface area contributed by atoms with Crippen LogP contribution in [0.4, 0.5) is 11.5 Å². The maximum atomic E-state index is 12.2. The highest BCUT2D eigenvalue weighted by Crippen LogP contribution is 2.41. The Morgan fingerprint density at radius 3 is 3.17 bits per heavy atom. The molecule has 29 heavy (non-hydrogen) atoms. The minimum absolute atomic E-state index is 0.0846. The lowest BCUT2D eigenvalue weighted by atomic mass is 9.88. The maximum Gasteiger partial charge on any atom is 0.309 e. The Balaban J connectivity index is 1.52. The summed E-state index contributed by atoms with van der Waals surface area (Å²) in [6.07, 6.45) is 7.39. The summed E-state index contributed by atoms with van der Waals surface area (Å²) >= 11 is 8.20. The van der Waals surface area contributed by atoms with Crippen molar-refractivity contribution in [2.75, 3.05) is 11.9 Å². The molecule has 7 nitrogen and oxygen atoms in total. The van der Waals surface area contributed by atoms with Crippen molar-refractivity contribution in [3.8, 4) is 0 Å². The second kappa shape index (κ2) is 7.27. The molecule has 4 aromatic heterocycles. The summed E-state index contributed by atoms with van der Waals surface area (Å²) in [6, 6.07) is 3.75. The fourth-order valence-corrected chi connectivity index (χ4v) is 5.38. The first-order chi connectivity index (χ1) is 14.2. The molecule has 5 rings (SSSR count). The number of esters is 1. The third kappa shape index (κ3) is 3.12. The number of halogens is 1. The van der Waals surface area contributed by atoms with Gasteiger partial charge in [0.05, 0.1) is 40.3 Å². The summed E-state index contributed by atoms with van der Waals surface area (Å²) in [5.74, 6) is 0.535. The van der Waals surface area contributed by atoms with E-state index in [-0.39, 0.29) is 11.9 Å². The van der Waals surface area contributed by atoms with Crippen molar-refractivity contribution in [3.63, 3.8) is 0 Å². The molecule has 1 atom stereocenters. The monoisotopic (exact) mass is 427 g/mol. The number of hydrogen-bond donors (Lipinski definition) is 1. The second-order valence-electron chi connectivity index (χ2n) is 6.93. The van der Waals surface area contributed by atoms with Crippen molar-refractivity contribution < 1.29 is 9.53 Å². The van der Waals surface area contributed by atoms with Gasteiger partial charge in [-0.15, -0.1) is 11.3 Å². The number of thiophene rings is 1. The Bertz CT molecular complexity index is 1230. The fourth-order valence-electron chi connectivity index (χ4n) is 3.85. The van der Waals surface area contributed by atoms with Crippen LogP contribution in [0.2, 0.25) is 5.02 Å². The zero-order chi connectivity index (χ0) is 20.0. The summed E-state index contributed by atoms with van der Waals surface area (Å²) in [7, 11) is 0. The number of ether oxygens (including phenoxy) is 1. The van der Waals surface area contributed by atoms with Crippen LogP contribution in [0.1, 0.15) is 23.8 Å². The second-order valence-corrected chi connectivity index (χ2v) is 8.39. The van der Waals surface area contributed by atoms with Crippen LogP contribution < -0.4 is 5.32 Å². The number of nitrogens with zero attached hydrogens (tertiary/aromatic N) is 4. The molecule has 4 heterocycles. The van der Waals surface area contributed by atoms with E-state index in [1.165, 1.54) is 10.4 Å². The Kier molecular flexibility index (Phi) is 4.60. The molecule has 148 valence electrons. The molecule has 1 aliphatic rings. The lowest BCUT2D eigenvalue weighted by Crippen LogP contribution is -2.23. The van der Waals surface area contributed by atoms with Crippen molar-refractivity contribution in [2.24, 2.45) is 5.92 Å². The molecule has 9 heteroatoms. The van der Waals surface area contributed by atoms with Gasteiger partial charge in [0.25, 0.3) is 0 Å². The minimum atomic E-state index is -0.110. The van der Waals surface area contributed by atoms with Crippen molar-refractivity contribution in [2.45, 2.75) is 26.2 Å². The topological polar surface area (TPSA) is 81.4 Å². The van der Waals surface area contributed by atoms with Crippen molar-refractivity contribution in [1.82, 2.24) is 19.6 Å². The van der Waals surface area contributed by atoms with Gasteiger partial charge in [-0.3, -0.25) is 4.79 Å². The molecule has 0 fully saturated rings. The molecule has 0 aliphatic heterocycles. The van der Waals surface area contributed by atoms with Crippen LogP contribution in [0.5, 0.6) is 0 Å². The Hall–Kier alpha value is -2.71. The predicted octanol–water partition coefficient (Wildman–Crippen LogP) is 4.40. The molecule has 4 aromatic rings. The largest absolute Gasteiger partial charge is 0.466 e. The van der Waals surface area contributed by atoms with E-state index in [1.54, 1.807) is 28.4 Å². The first-order valence-electron chi connectivity index (χ1n) is 9.46.